The molecule has 74 valence electrons. The molecule has 13 heavy (non-hydrogen) atoms. The second-order valence-electron chi connectivity index (χ2n) is 3.24. The molecule has 0 spiro atoms. The van der Waals surface area contributed by atoms with E-state index in [2.05, 4.69) is 28.2 Å². The van der Waals surface area contributed by atoms with Crippen molar-refractivity contribution in [3.63, 3.8) is 0 Å². The lowest BCUT2D eigenvalue weighted by Crippen LogP contribution is -2.13. The molecule has 1 saturated carbocycles. The molecule has 0 heterocycles. The molecule has 0 saturated heterocycles. The summed E-state index contributed by atoms with van der Waals surface area (Å²) in [5.41, 5.74) is 0. The smallest absolute Gasteiger partial charge is 0.308 e. The van der Waals surface area contributed by atoms with Gasteiger partial charge in [-0.1, -0.05) is 18.5 Å². The van der Waals surface area contributed by atoms with Gasteiger partial charge in [0.2, 0.25) is 0 Å². The normalized spacial score (nSPS) is 27.0. The van der Waals surface area contributed by atoms with E-state index in [-0.39, 0.29) is 11.9 Å². The number of nitrogens with zero attached hydrogens (tertiary/aromatic N) is 1. The van der Waals surface area contributed by atoms with Gasteiger partial charge in [0.05, 0.1) is 19.1 Å². The first kappa shape index (κ1) is 11.1. The second-order valence-corrected chi connectivity index (χ2v) is 5.09. The van der Waals surface area contributed by atoms with E-state index in [0.717, 1.165) is 24.5 Å². The maximum atomic E-state index is 11.2. The molecule has 0 aliphatic heterocycles. The summed E-state index contributed by atoms with van der Waals surface area (Å²) in [4.78, 5) is 15.5. The summed E-state index contributed by atoms with van der Waals surface area (Å²) in [6.45, 7) is 0. The van der Waals surface area contributed by atoms with E-state index in [4.69, 9.17) is 0 Å². The zero-order valence-corrected chi connectivity index (χ0v) is 10.0. The summed E-state index contributed by atoms with van der Waals surface area (Å²) in [7, 11) is 6.51. The Kier molecular flexibility index (Phi) is 4.28. The van der Waals surface area contributed by atoms with E-state index in [0.29, 0.717) is 6.04 Å². The van der Waals surface area contributed by atoms with Gasteiger partial charge in [-0.15, -0.1) is 0 Å². The molecule has 0 aromatic carbocycles. The lowest BCUT2D eigenvalue weighted by molar-refractivity contribution is -0.145. The van der Waals surface area contributed by atoms with Crippen molar-refractivity contribution in [1.82, 2.24) is 0 Å². The van der Waals surface area contributed by atoms with Crippen molar-refractivity contribution in [2.75, 3.05) is 7.11 Å². The monoisotopic (exact) mass is 219 g/mol. The van der Waals surface area contributed by atoms with Gasteiger partial charge >= 0.3 is 5.97 Å². The highest BCUT2D eigenvalue weighted by atomic mass is 31.1. The first-order chi connectivity index (χ1) is 6.13. The molecule has 0 N–H and O–H groups in total. The first-order valence-corrected chi connectivity index (χ1v) is 5.45. The Morgan fingerprint density at radius 1 is 1.46 bits per heavy atom. The van der Waals surface area contributed by atoms with Crippen molar-refractivity contribution in [2.45, 2.75) is 25.3 Å². The van der Waals surface area contributed by atoms with Gasteiger partial charge in [-0.05, 0) is 19.3 Å². The topological polar surface area (TPSA) is 38.7 Å². The molecule has 0 amide bonds. The summed E-state index contributed by atoms with van der Waals surface area (Å²) in [5, 5.41) is 0.926. The van der Waals surface area contributed by atoms with Crippen LogP contribution in [0.3, 0.4) is 0 Å². The highest BCUT2D eigenvalue weighted by molar-refractivity contribution is 7.69. The van der Waals surface area contributed by atoms with Crippen molar-refractivity contribution in [3.8, 4) is 0 Å². The molecule has 0 aromatic rings. The summed E-state index contributed by atoms with van der Waals surface area (Å²) in [5.74, 6) is -0.0279. The minimum absolute atomic E-state index is 0.0631. The van der Waals surface area contributed by atoms with E-state index >= 15 is 0 Å². The number of hydrogen-bond acceptors (Lipinski definition) is 3. The number of aliphatic imine (C=N–C) groups is 1. The molecule has 1 aliphatic carbocycles. The Morgan fingerprint density at radius 2 is 2.15 bits per heavy atom. The third-order valence-corrected chi connectivity index (χ3v) is 2.57. The molecular formula is C8H15NO2P2. The highest BCUT2D eigenvalue weighted by Gasteiger charge is 2.30. The van der Waals surface area contributed by atoms with Gasteiger partial charge < -0.3 is 4.74 Å². The number of hydrogen-bond donors (Lipinski definition) is 0. The predicted octanol–water partition coefficient (Wildman–Crippen LogP) is 1.43. The van der Waals surface area contributed by atoms with E-state index in [1.165, 1.54) is 7.11 Å². The Morgan fingerprint density at radius 3 is 2.69 bits per heavy atom. The van der Waals surface area contributed by atoms with E-state index in [1.807, 2.05) is 0 Å². The molecule has 1 rings (SSSR count). The Labute approximate surface area is 83.1 Å². The largest absolute Gasteiger partial charge is 0.469 e. The number of rotatable bonds is 2. The number of carbonyl (C=O) groups excluding carboxylic acids is 1. The number of ether oxygens (including phenoxy) is 1. The second kappa shape index (κ2) is 5.02. The van der Waals surface area contributed by atoms with Crippen molar-refractivity contribution >= 4 is 29.6 Å². The van der Waals surface area contributed by atoms with Crippen LogP contribution in [0.15, 0.2) is 4.99 Å². The standard InChI is InChI=1S/C8H15NO2P2/c1-11-7(10)5-2-3-6(4-5)9-8(12)13/h5-6H,2-4,12-13H2,1H3/t5-,6+/m0/s1. The van der Waals surface area contributed by atoms with Crippen LogP contribution >= 0.6 is 18.5 Å². The third kappa shape index (κ3) is 3.32. The molecule has 4 atom stereocenters. The Hall–Kier alpha value is 0. The van der Waals surface area contributed by atoms with Crippen LogP contribution in [0.1, 0.15) is 19.3 Å². The van der Waals surface area contributed by atoms with Crippen molar-refractivity contribution in [3.05, 3.63) is 0 Å². The SMILES string of the molecule is COC(=O)[C@H]1CC[C@@H](N=C(P)P)C1. The van der Waals surface area contributed by atoms with Gasteiger partial charge in [0.25, 0.3) is 0 Å². The van der Waals surface area contributed by atoms with Crippen LogP contribution in [-0.2, 0) is 9.53 Å². The number of esters is 1. The van der Waals surface area contributed by atoms with Crippen molar-refractivity contribution in [2.24, 2.45) is 10.9 Å². The molecule has 2 unspecified atom stereocenters. The molecule has 1 aliphatic rings. The highest BCUT2D eigenvalue weighted by Crippen LogP contribution is 2.29. The lowest BCUT2D eigenvalue weighted by atomic mass is 10.1. The molecular weight excluding hydrogens is 204 g/mol. The van der Waals surface area contributed by atoms with Gasteiger partial charge in [0.15, 0.2) is 0 Å². The van der Waals surface area contributed by atoms with Gasteiger partial charge in [-0.2, -0.15) is 0 Å². The predicted molar refractivity (Wildman–Crippen MR) is 60.0 cm³/mol. The summed E-state index contributed by atoms with van der Waals surface area (Å²) >= 11 is 0. The van der Waals surface area contributed by atoms with Crippen molar-refractivity contribution < 1.29 is 9.53 Å². The molecule has 0 aromatic heterocycles. The fourth-order valence-electron chi connectivity index (χ4n) is 1.67. The van der Waals surface area contributed by atoms with Crippen LogP contribution in [0, 0.1) is 5.92 Å². The molecule has 3 nitrogen and oxygen atoms in total. The van der Waals surface area contributed by atoms with Crippen LogP contribution in [0.5, 0.6) is 0 Å². The van der Waals surface area contributed by atoms with E-state index < -0.39 is 0 Å². The van der Waals surface area contributed by atoms with Crippen LogP contribution in [0.4, 0.5) is 0 Å². The van der Waals surface area contributed by atoms with Crippen molar-refractivity contribution in [1.29, 1.82) is 0 Å². The zero-order chi connectivity index (χ0) is 9.84. The molecule has 1 fully saturated rings. The summed E-state index contributed by atoms with van der Waals surface area (Å²) < 4.78 is 4.69. The van der Waals surface area contributed by atoms with Gasteiger partial charge in [0.1, 0.15) is 0 Å². The summed E-state index contributed by atoms with van der Waals surface area (Å²) in [6.07, 6.45) is 2.73. The fourth-order valence-corrected chi connectivity index (χ4v) is 2.09. The van der Waals surface area contributed by atoms with Gasteiger partial charge in [-0.25, -0.2) is 0 Å². The van der Waals surface area contributed by atoms with Gasteiger partial charge in [0, 0.05) is 5.19 Å². The molecule has 5 heteroatoms. The van der Waals surface area contributed by atoms with Crippen LogP contribution in [0.25, 0.3) is 0 Å². The van der Waals surface area contributed by atoms with Crippen LogP contribution in [0.2, 0.25) is 0 Å². The number of carbonyl (C=O) groups is 1. The Bertz CT molecular complexity index is 226. The van der Waals surface area contributed by atoms with E-state index in [1.54, 1.807) is 0 Å². The Balaban J connectivity index is 2.45. The zero-order valence-electron chi connectivity index (χ0n) is 7.69. The average molecular weight is 219 g/mol. The lowest BCUT2D eigenvalue weighted by Gasteiger charge is -2.06. The van der Waals surface area contributed by atoms with Crippen LogP contribution < -0.4 is 0 Å². The summed E-state index contributed by atoms with van der Waals surface area (Å²) in [6, 6.07) is 0.300. The average Bonchev–Trinajstić information content (AvgIpc) is 2.50. The van der Waals surface area contributed by atoms with Crippen LogP contribution in [-0.4, -0.2) is 24.3 Å². The molecule has 0 radical (unpaired) electrons. The third-order valence-electron chi connectivity index (χ3n) is 2.27. The minimum atomic E-state index is -0.0910. The maximum Gasteiger partial charge on any atom is 0.308 e. The number of methoxy groups -OCH3 is 1. The molecule has 0 bridgehead atoms. The maximum absolute atomic E-state index is 11.2. The minimum Gasteiger partial charge on any atom is -0.469 e. The fraction of sp³-hybridized carbons (Fsp3) is 0.750. The first-order valence-electron chi connectivity index (χ1n) is 4.30. The quantitative estimate of drug-likeness (QED) is 0.400. The van der Waals surface area contributed by atoms with Gasteiger partial charge in [-0.3, -0.25) is 9.79 Å². The van der Waals surface area contributed by atoms with E-state index in [9.17, 15) is 4.79 Å².